The maximum absolute atomic E-state index is 12.5. The highest BCUT2D eigenvalue weighted by Gasteiger charge is 2.24. The van der Waals surface area contributed by atoms with Gasteiger partial charge in [-0.15, -0.1) is 0 Å². The second kappa shape index (κ2) is 9.85. The lowest BCUT2D eigenvalue weighted by molar-refractivity contribution is -0.135. The number of halogens is 1. The minimum Gasteiger partial charge on any atom is -0.424 e. The molecule has 0 spiro atoms. The molecule has 0 amide bonds. The van der Waals surface area contributed by atoms with Gasteiger partial charge in [-0.2, -0.15) is 4.72 Å². The van der Waals surface area contributed by atoms with Crippen molar-refractivity contribution in [1.82, 2.24) is 4.72 Å². The molecular weight excluding hydrogens is 454 g/mol. The van der Waals surface area contributed by atoms with Crippen molar-refractivity contribution in [2.75, 3.05) is 0 Å². The predicted molar refractivity (Wildman–Crippen MR) is 123 cm³/mol. The average molecular weight is 478 g/mol. The monoisotopic (exact) mass is 477 g/mol. The van der Waals surface area contributed by atoms with Crippen LogP contribution >= 0.6 is 11.6 Å². The zero-order valence-corrected chi connectivity index (χ0v) is 19.5. The van der Waals surface area contributed by atoms with Crippen LogP contribution in [-0.2, 0) is 21.2 Å². The maximum atomic E-state index is 12.5. The number of ether oxygens (including phenoxy) is 1. The summed E-state index contributed by atoms with van der Waals surface area (Å²) in [6, 6.07) is 9.42. The Labute approximate surface area is 191 Å². The number of hydrogen-bond donors (Lipinski definition) is 1. The van der Waals surface area contributed by atoms with E-state index in [0.29, 0.717) is 11.8 Å². The molecule has 3 aromatic rings. The Morgan fingerprint density at radius 3 is 2.53 bits per heavy atom. The largest absolute Gasteiger partial charge is 0.424 e. The van der Waals surface area contributed by atoms with Crippen molar-refractivity contribution >= 4 is 38.6 Å². The van der Waals surface area contributed by atoms with Gasteiger partial charge in [0.05, 0.1) is 9.92 Å². The van der Waals surface area contributed by atoms with Gasteiger partial charge in [0.15, 0.2) is 5.75 Å². The highest BCUT2D eigenvalue weighted by Crippen LogP contribution is 2.32. The Bertz CT molecular complexity index is 1300. The van der Waals surface area contributed by atoms with Gasteiger partial charge in [0, 0.05) is 17.5 Å². The minimum absolute atomic E-state index is 0.0265. The lowest BCUT2D eigenvalue weighted by Gasteiger charge is -2.15. The van der Waals surface area contributed by atoms with Crippen LogP contribution in [0, 0.1) is 6.92 Å². The fourth-order valence-electron chi connectivity index (χ4n) is 3.14. The van der Waals surface area contributed by atoms with Crippen LogP contribution < -0.4 is 15.1 Å². The van der Waals surface area contributed by atoms with Crippen LogP contribution in [0.5, 0.6) is 5.75 Å². The average Bonchev–Trinajstić information content (AvgIpc) is 2.73. The molecule has 1 heterocycles. The lowest BCUT2D eigenvalue weighted by atomic mass is 10.0. The molecule has 0 fully saturated rings. The molecule has 0 saturated heterocycles. The fraction of sp³-hybridized carbons (Fsp3) is 0.304. The molecule has 9 heteroatoms. The van der Waals surface area contributed by atoms with Gasteiger partial charge >= 0.3 is 11.6 Å². The van der Waals surface area contributed by atoms with Crippen LogP contribution in [-0.4, -0.2) is 20.4 Å². The first kappa shape index (κ1) is 24.0. The molecular formula is C23H24ClNO6S. The normalized spacial score (nSPS) is 12.6. The quantitative estimate of drug-likeness (QED) is 0.293. The number of esters is 1. The van der Waals surface area contributed by atoms with Crippen molar-refractivity contribution in [1.29, 1.82) is 0 Å². The molecule has 0 radical (unpaired) electrons. The number of unbranched alkanes of at least 4 members (excludes halogenated alkanes) is 1. The first-order chi connectivity index (χ1) is 15.1. The van der Waals surface area contributed by atoms with Gasteiger partial charge in [0.2, 0.25) is 10.0 Å². The standard InChI is InChI=1S/C23H24ClNO6S/c1-4-5-6-16-11-22(26)30-20-13-21(19(24)12-18(16)20)31-23(27)15(3)25-32(28,29)17-9-7-14(2)8-10-17/h7-13,15,25H,4-6H2,1-3H3/t15-/m0/s1. The van der Waals surface area contributed by atoms with E-state index in [1.807, 2.05) is 13.8 Å². The predicted octanol–water partition coefficient (Wildman–Crippen LogP) is 4.37. The van der Waals surface area contributed by atoms with Crippen LogP contribution in [0.4, 0.5) is 0 Å². The van der Waals surface area contributed by atoms with Crippen molar-refractivity contribution in [2.24, 2.45) is 0 Å². The third kappa shape index (κ3) is 5.56. The molecule has 7 nitrogen and oxygen atoms in total. The van der Waals surface area contributed by atoms with E-state index in [9.17, 15) is 18.0 Å². The van der Waals surface area contributed by atoms with E-state index in [4.69, 9.17) is 20.8 Å². The molecule has 0 bridgehead atoms. The van der Waals surface area contributed by atoms with Crippen LogP contribution in [0.2, 0.25) is 5.02 Å². The number of hydrogen-bond acceptors (Lipinski definition) is 6. The molecule has 170 valence electrons. The molecule has 0 aliphatic heterocycles. The van der Waals surface area contributed by atoms with Crippen LogP contribution in [0.1, 0.15) is 37.8 Å². The van der Waals surface area contributed by atoms with Crippen molar-refractivity contribution in [3.05, 3.63) is 69.0 Å². The first-order valence-corrected chi connectivity index (χ1v) is 12.0. The minimum atomic E-state index is -3.92. The van der Waals surface area contributed by atoms with Crippen molar-refractivity contribution in [2.45, 2.75) is 51.0 Å². The molecule has 1 atom stereocenters. The molecule has 1 N–H and O–H groups in total. The third-order valence-corrected chi connectivity index (χ3v) is 6.76. The van der Waals surface area contributed by atoms with Crippen LogP contribution in [0.15, 0.2) is 56.6 Å². The van der Waals surface area contributed by atoms with E-state index in [2.05, 4.69) is 4.72 Å². The second-order valence-corrected chi connectivity index (χ2v) is 9.67. The van der Waals surface area contributed by atoms with Gasteiger partial charge in [0.25, 0.3) is 0 Å². The highest BCUT2D eigenvalue weighted by atomic mass is 35.5. The van der Waals surface area contributed by atoms with Crippen LogP contribution in [0.3, 0.4) is 0 Å². The number of nitrogens with one attached hydrogen (secondary N) is 1. The van der Waals surface area contributed by atoms with E-state index in [1.54, 1.807) is 18.2 Å². The number of sulfonamides is 1. The number of rotatable bonds is 8. The summed E-state index contributed by atoms with van der Waals surface area (Å²) in [6.07, 6.45) is 2.54. The summed E-state index contributed by atoms with van der Waals surface area (Å²) in [6.45, 7) is 5.25. The molecule has 0 saturated carbocycles. The van der Waals surface area contributed by atoms with E-state index < -0.39 is 27.7 Å². The number of carbonyl (C=O) groups excluding carboxylic acids is 1. The van der Waals surface area contributed by atoms with Crippen molar-refractivity contribution in [3.8, 4) is 5.75 Å². The molecule has 3 rings (SSSR count). The SMILES string of the molecule is CCCCc1cc(=O)oc2cc(OC(=O)[C@H](C)NS(=O)(=O)c3ccc(C)cc3)c(Cl)cc12. The van der Waals surface area contributed by atoms with E-state index in [1.165, 1.54) is 31.2 Å². The van der Waals surface area contributed by atoms with Gasteiger partial charge < -0.3 is 9.15 Å². The molecule has 32 heavy (non-hydrogen) atoms. The summed E-state index contributed by atoms with van der Waals surface area (Å²) < 4.78 is 37.9. The van der Waals surface area contributed by atoms with Gasteiger partial charge in [-0.25, -0.2) is 18.0 Å². The van der Waals surface area contributed by atoms with Gasteiger partial charge in [-0.05, 0) is 50.5 Å². The first-order valence-electron chi connectivity index (χ1n) is 10.2. The summed E-state index contributed by atoms with van der Waals surface area (Å²) >= 11 is 6.31. The van der Waals surface area contributed by atoms with E-state index >= 15 is 0 Å². The second-order valence-electron chi connectivity index (χ2n) is 7.55. The molecule has 2 aromatic carbocycles. The number of fused-ring (bicyclic) bond motifs is 1. The molecule has 0 aliphatic carbocycles. The van der Waals surface area contributed by atoms with Gasteiger partial charge in [-0.3, -0.25) is 0 Å². The smallest absolute Gasteiger partial charge is 0.336 e. The molecule has 1 aromatic heterocycles. The zero-order chi connectivity index (χ0) is 23.5. The lowest BCUT2D eigenvalue weighted by Crippen LogP contribution is -2.40. The van der Waals surface area contributed by atoms with Crippen molar-refractivity contribution in [3.63, 3.8) is 0 Å². The topological polar surface area (TPSA) is 103 Å². The Morgan fingerprint density at radius 1 is 1.19 bits per heavy atom. The maximum Gasteiger partial charge on any atom is 0.336 e. The van der Waals surface area contributed by atoms with Crippen LogP contribution in [0.25, 0.3) is 11.0 Å². The third-order valence-electron chi connectivity index (χ3n) is 4.91. The summed E-state index contributed by atoms with van der Waals surface area (Å²) in [7, 11) is -3.92. The fourth-order valence-corrected chi connectivity index (χ4v) is 4.54. The Balaban J connectivity index is 1.82. The summed E-state index contributed by atoms with van der Waals surface area (Å²) in [5.41, 5.74) is 1.44. The van der Waals surface area contributed by atoms with Gasteiger partial charge in [0.1, 0.15) is 11.6 Å². The summed E-state index contributed by atoms with van der Waals surface area (Å²) in [4.78, 5) is 24.5. The Hall–Kier alpha value is -2.68. The molecule has 0 aliphatic rings. The summed E-state index contributed by atoms with van der Waals surface area (Å²) in [5.74, 6) is -0.882. The number of benzene rings is 2. The highest BCUT2D eigenvalue weighted by molar-refractivity contribution is 7.89. The van der Waals surface area contributed by atoms with Crippen molar-refractivity contribution < 1.29 is 22.4 Å². The Morgan fingerprint density at radius 2 is 1.88 bits per heavy atom. The number of carbonyl (C=O) groups is 1. The number of aryl methyl sites for hydroxylation is 2. The van der Waals surface area contributed by atoms with E-state index in [-0.39, 0.29) is 21.3 Å². The van der Waals surface area contributed by atoms with E-state index in [0.717, 1.165) is 24.0 Å². The molecule has 0 unspecified atom stereocenters. The summed E-state index contributed by atoms with van der Waals surface area (Å²) in [5, 5.41) is 0.807. The van der Waals surface area contributed by atoms with Gasteiger partial charge in [-0.1, -0.05) is 42.6 Å². The zero-order valence-electron chi connectivity index (χ0n) is 18.0. The Kier molecular flexibility index (Phi) is 7.38.